The number of anilines is 1. The SMILES string of the molecule is Cc1ccc(Cl)c(N2C(=O)NC(=O)C3(CC3)C2=O)c1. The molecule has 1 saturated heterocycles. The second-order valence-electron chi connectivity index (χ2n) is 4.94. The Morgan fingerprint density at radius 1 is 1.26 bits per heavy atom. The molecule has 1 spiro atoms. The van der Waals surface area contributed by atoms with Crippen LogP contribution < -0.4 is 10.2 Å². The van der Waals surface area contributed by atoms with Crippen molar-refractivity contribution in [3.63, 3.8) is 0 Å². The molecule has 0 atom stereocenters. The highest BCUT2D eigenvalue weighted by atomic mass is 35.5. The smallest absolute Gasteiger partial charge is 0.276 e. The van der Waals surface area contributed by atoms with Gasteiger partial charge in [-0.15, -0.1) is 0 Å². The summed E-state index contributed by atoms with van der Waals surface area (Å²) in [5, 5.41) is 2.53. The zero-order valence-corrected chi connectivity index (χ0v) is 11.0. The Labute approximate surface area is 114 Å². The normalized spacial score (nSPS) is 20.7. The lowest BCUT2D eigenvalue weighted by Crippen LogP contribution is -2.59. The molecule has 2 aliphatic rings. The molecule has 1 aliphatic heterocycles. The highest BCUT2D eigenvalue weighted by Crippen LogP contribution is 2.50. The molecule has 0 bridgehead atoms. The van der Waals surface area contributed by atoms with E-state index in [1.807, 2.05) is 6.92 Å². The fraction of sp³-hybridized carbons (Fsp3) is 0.308. The van der Waals surface area contributed by atoms with E-state index >= 15 is 0 Å². The summed E-state index contributed by atoms with van der Waals surface area (Å²) >= 11 is 6.05. The number of halogens is 1. The summed E-state index contributed by atoms with van der Waals surface area (Å²) in [6, 6.07) is 4.34. The summed E-state index contributed by atoms with van der Waals surface area (Å²) in [4.78, 5) is 37.0. The van der Waals surface area contributed by atoms with Crippen molar-refractivity contribution >= 4 is 35.1 Å². The maximum atomic E-state index is 12.4. The van der Waals surface area contributed by atoms with Gasteiger partial charge in [0.25, 0.3) is 5.91 Å². The van der Waals surface area contributed by atoms with Crippen LogP contribution >= 0.6 is 11.6 Å². The zero-order valence-electron chi connectivity index (χ0n) is 10.2. The lowest BCUT2D eigenvalue weighted by molar-refractivity contribution is -0.136. The van der Waals surface area contributed by atoms with E-state index in [0.29, 0.717) is 23.6 Å². The van der Waals surface area contributed by atoms with Crippen LogP contribution in [-0.2, 0) is 9.59 Å². The molecule has 0 aromatic heterocycles. The third kappa shape index (κ3) is 1.65. The van der Waals surface area contributed by atoms with Crippen molar-refractivity contribution in [2.45, 2.75) is 19.8 Å². The van der Waals surface area contributed by atoms with E-state index in [1.54, 1.807) is 18.2 Å². The first-order valence-corrected chi connectivity index (χ1v) is 6.30. The van der Waals surface area contributed by atoms with Crippen LogP contribution in [-0.4, -0.2) is 17.8 Å². The van der Waals surface area contributed by atoms with Crippen molar-refractivity contribution in [3.8, 4) is 0 Å². The molecule has 4 amide bonds. The van der Waals surface area contributed by atoms with E-state index in [-0.39, 0.29) is 0 Å². The second kappa shape index (κ2) is 3.81. The molecule has 1 N–H and O–H groups in total. The first-order valence-electron chi connectivity index (χ1n) is 5.92. The van der Waals surface area contributed by atoms with E-state index in [4.69, 9.17) is 11.6 Å². The van der Waals surface area contributed by atoms with Crippen molar-refractivity contribution in [3.05, 3.63) is 28.8 Å². The summed E-state index contributed by atoms with van der Waals surface area (Å²) in [7, 11) is 0. The molecule has 2 fully saturated rings. The Morgan fingerprint density at radius 3 is 2.58 bits per heavy atom. The van der Waals surface area contributed by atoms with Crippen LogP contribution in [0.4, 0.5) is 10.5 Å². The quantitative estimate of drug-likeness (QED) is 0.799. The number of amides is 4. The van der Waals surface area contributed by atoms with E-state index in [2.05, 4.69) is 5.32 Å². The number of carbonyl (C=O) groups is 3. The van der Waals surface area contributed by atoms with Crippen LogP contribution in [0.5, 0.6) is 0 Å². The van der Waals surface area contributed by atoms with Crippen molar-refractivity contribution in [2.75, 3.05) is 4.90 Å². The minimum absolute atomic E-state index is 0.305. The van der Waals surface area contributed by atoms with Gasteiger partial charge in [-0.2, -0.15) is 0 Å². The fourth-order valence-electron chi connectivity index (χ4n) is 2.25. The Morgan fingerprint density at radius 2 is 1.95 bits per heavy atom. The van der Waals surface area contributed by atoms with Crippen LogP contribution in [0.1, 0.15) is 18.4 Å². The molecule has 1 heterocycles. The maximum absolute atomic E-state index is 12.4. The van der Waals surface area contributed by atoms with Gasteiger partial charge in [0.05, 0.1) is 10.7 Å². The summed E-state index contributed by atoms with van der Waals surface area (Å²) in [6.45, 7) is 1.84. The largest absolute Gasteiger partial charge is 0.335 e. The van der Waals surface area contributed by atoms with Gasteiger partial charge in [-0.05, 0) is 37.5 Å². The molecular formula is C13H11ClN2O3. The molecule has 1 saturated carbocycles. The number of nitrogens with one attached hydrogen (secondary N) is 1. The maximum Gasteiger partial charge on any atom is 0.335 e. The van der Waals surface area contributed by atoms with Crippen LogP contribution in [0, 0.1) is 12.3 Å². The van der Waals surface area contributed by atoms with Gasteiger partial charge in [0.2, 0.25) is 5.91 Å². The number of carbonyl (C=O) groups excluding carboxylic acids is 3. The second-order valence-corrected chi connectivity index (χ2v) is 5.34. The van der Waals surface area contributed by atoms with Gasteiger partial charge < -0.3 is 0 Å². The van der Waals surface area contributed by atoms with Crippen LogP contribution in [0.3, 0.4) is 0 Å². The van der Waals surface area contributed by atoms with Crippen molar-refractivity contribution in [1.29, 1.82) is 0 Å². The Hall–Kier alpha value is -1.88. The molecule has 1 aromatic rings. The number of aryl methyl sites for hydroxylation is 1. The number of hydrogen-bond donors (Lipinski definition) is 1. The minimum atomic E-state index is -1.05. The van der Waals surface area contributed by atoms with Crippen molar-refractivity contribution in [1.82, 2.24) is 5.32 Å². The van der Waals surface area contributed by atoms with E-state index in [0.717, 1.165) is 10.5 Å². The molecule has 19 heavy (non-hydrogen) atoms. The van der Waals surface area contributed by atoms with Gasteiger partial charge in [-0.1, -0.05) is 17.7 Å². The Bertz CT molecular complexity index is 622. The minimum Gasteiger partial charge on any atom is -0.276 e. The number of imide groups is 2. The molecule has 5 nitrogen and oxygen atoms in total. The topological polar surface area (TPSA) is 66.5 Å². The number of rotatable bonds is 1. The highest BCUT2D eigenvalue weighted by molar-refractivity contribution is 6.37. The average molecular weight is 279 g/mol. The van der Waals surface area contributed by atoms with Crippen molar-refractivity contribution < 1.29 is 14.4 Å². The number of urea groups is 1. The zero-order chi connectivity index (χ0) is 13.8. The predicted molar refractivity (Wildman–Crippen MR) is 68.9 cm³/mol. The number of benzene rings is 1. The standard InChI is InChI=1S/C13H11ClN2O3/c1-7-2-3-8(14)9(6-7)16-11(18)13(4-5-13)10(17)15-12(16)19/h2-3,6H,4-5H2,1H3,(H,15,17,19). The third-order valence-electron chi connectivity index (χ3n) is 3.56. The average Bonchev–Trinajstić information content (AvgIpc) is 3.13. The van der Waals surface area contributed by atoms with Crippen LogP contribution in [0.25, 0.3) is 0 Å². The molecule has 3 rings (SSSR count). The van der Waals surface area contributed by atoms with E-state index in [9.17, 15) is 14.4 Å². The predicted octanol–water partition coefficient (Wildman–Crippen LogP) is 2.01. The molecule has 1 aliphatic carbocycles. The first-order chi connectivity index (χ1) is 8.95. The molecule has 1 aromatic carbocycles. The molecule has 0 unspecified atom stereocenters. The summed E-state index contributed by atoms with van der Waals surface area (Å²) in [6.07, 6.45) is 0.954. The monoisotopic (exact) mass is 278 g/mol. The molecular weight excluding hydrogens is 268 g/mol. The number of hydrogen-bond acceptors (Lipinski definition) is 3. The van der Waals surface area contributed by atoms with Crippen LogP contribution in [0.2, 0.25) is 5.02 Å². The molecule has 98 valence electrons. The van der Waals surface area contributed by atoms with Gasteiger partial charge in [-0.25, -0.2) is 9.69 Å². The summed E-state index contributed by atoms with van der Waals surface area (Å²) < 4.78 is 0. The van der Waals surface area contributed by atoms with Gasteiger partial charge in [0, 0.05) is 0 Å². The number of nitrogens with zero attached hydrogens (tertiary/aromatic N) is 1. The summed E-state index contributed by atoms with van der Waals surface area (Å²) in [5.41, 5.74) is 0.144. The van der Waals surface area contributed by atoms with E-state index in [1.165, 1.54) is 0 Å². The third-order valence-corrected chi connectivity index (χ3v) is 3.88. The molecule has 6 heteroatoms. The number of barbiturate groups is 1. The van der Waals surface area contributed by atoms with Gasteiger partial charge in [0.1, 0.15) is 5.41 Å². The van der Waals surface area contributed by atoms with Crippen LogP contribution in [0.15, 0.2) is 18.2 Å². The lowest BCUT2D eigenvalue weighted by Gasteiger charge is -2.30. The van der Waals surface area contributed by atoms with Gasteiger partial charge in [0.15, 0.2) is 0 Å². The first kappa shape index (κ1) is 12.2. The van der Waals surface area contributed by atoms with E-state index < -0.39 is 23.3 Å². The van der Waals surface area contributed by atoms with Gasteiger partial charge in [-0.3, -0.25) is 14.9 Å². The Kier molecular flexibility index (Phi) is 2.44. The fourth-order valence-corrected chi connectivity index (χ4v) is 2.46. The summed E-state index contributed by atoms with van der Waals surface area (Å²) in [5.74, 6) is -0.976. The van der Waals surface area contributed by atoms with Crippen molar-refractivity contribution in [2.24, 2.45) is 5.41 Å². The molecule has 0 radical (unpaired) electrons. The Balaban J connectivity index is 2.08. The highest BCUT2D eigenvalue weighted by Gasteiger charge is 2.62. The lowest BCUT2D eigenvalue weighted by atomic mass is 10.0. The van der Waals surface area contributed by atoms with Gasteiger partial charge >= 0.3 is 6.03 Å².